The van der Waals surface area contributed by atoms with Crippen LogP contribution < -0.4 is 10.1 Å². The molecule has 24 heavy (non-hydrogen) atoms. The quantitative estimate of drug-likeness (QED) is 0.835. The summed E-state index contributed by atoms with van der Waals surface area (Å²) in [6.07, 6.45) is 2.63. The number of para-hydroxylation sites is 2. The molecule has 0 unspecified atom stereocenters. The molecule has 2 atom stereocenters. The number of nitrogens with one attached hydrogen (secondary N) is 1. The number of ether oxygens (including phenoxy) is 1. The highest BCUT2D eigenvalue weighted by molar-refractivity contribution is 5.93. The Kier molecular flexibility index (Phi) is 4.76. The second kappa shape index (κ2) is 6.81. The van der Waals surface area contributed by atoms with Crippen molar-refractivity contribution >= 4 is 17.6 Å². The first-order chi connectivity index (χ1) is 11.5. The highest BCUT2D eigenvalue weighted by Crippen LogP contribution is 2.48. The van der Waals surface area contributed by atoms with Crippen molar-refractivity contribution in [2.75, 3.05) is 31.6 Å². The third kappa shape index (κ3) is 3.11. The average molecular weight is 332 g/mol. The van der Waals surface area contributed by atoms with Crippen molar-refractivity contribution in [1.29, 1.82) is 0 Å². The Morgan fingerprint density at radius 2 is 2.21 bits per heavy atom. The van der Waals surface area contributed by atoms with Gasteiger partial charge in [-0.05, 0) is 37.8 Å². The van der Waals surface area contributed by atoms with Crippen molar-refractivity contribution < 1.29 is 19.4 Å². The minimum Gasteiger partial charge on any atom is -0.492 e. The number of carboxylic acid groups (broad SMARTS) is 1. The lowest BCUT2D eigenvalue weighted by molar-refractivity contribution is -0.149. The molecule has 1 saturated carbocycles. The third-order valence-electron chi connectivity index (χ3n) is 5.20. The maximum atomic E-state index is 12.4. The summed E-state index contributed by atoms with van der Waals surface area (Å²) in [4.78, 5) is 26.0. The van der Waals surface area contributed by atoms with Gasteiger partial charge in [-0.2, -0.15) is 0 Å². The Labute approximate surface area is 141 Å². The molecule has 130 valence electrons. The van der Waals surface area contributed by atoms with Crippen LogP contribution in [-0.2, 0) is 9.59 Å². The van der Waals surface area contributed by atoms with Gasteiger partial charge in [0.25, 0.3) is 0 Å². The molecule has 0 radical (unpaired) electrons. The van der Waals surface area contributed by atoms with E-state index < -0.39 is 11.4 Å². The van der Waals surface area contributed by atoms with Crippen molar-refractivity contribution in [2.24, 2.45) is 11.3 Å². The van der Waals surface area contributed by atoms with Gasteiger partial charge in [-0.1, -0.05) is 18.6 Å². The van der Waals surface area contributed by atoms with Crippen LogP contribution in [0.2, 0.25) is 0 Å². The van der Waals surface area contributed by atoms with E-state index >= 15 is 0 Å². The smallest absolute Gasteiger partial charge is 0.311 e. The summed E-state index contributed by atoms with van der Waals surface area (Å²) >= 11 is 0. The molecule has 3 rings (SSSR count). The maximum absolute atomic E-state index is 12.4. The lowest BCUT2D eigenvalue weighted by Gasteiger charge is -2.23. The molecule has 1 aliphatic heterocycles. The van der Waals surface area contributed by atoms with Crippen LogP contribution in [0.1, 0.15) is 26.2 Å². The number of carbonyl (C=O) groups is 2. The zero-order valence-electron chi connectivity index (χ0n) is 14.0. The molecular weight excluding hydrogens is 308 g/mol. The lowest BCUT2D eigenvalue weighted by Crippen LogP contribution is -2.37. The van der Waals surface area contributed by atoms with Crippen LogP contribution in [0.5, 0.6) is 5.75 Å². The second-order valence-electron chi connectivity index (χ2n) is 6.70. The van der Waals surface area contributed by atoms with Crippen LogP contribution in [0.3, 0.4) is 0 Å². The predicted molar refractivity (Wildman–Crippen MR) is 90.1 cm³/mol. The normalized spacial score (nSPS) is 26.1. The number of rotatable bonds is 6. The summed E-state index contributed by atoms with van der Waals surface area (Å²) in [6.45, 7) is 3.79. The van der Waals surface area contributed by atoms with E-state index in [0.29, 0.717) is 31.1 Å². The van der Waals surface area contributed by atoms with Gasteiger partial charge in [0.1, 0.15) is 5.75 Å². The van der Waals surface area contributed by atoms with E-state index in [9.17, 15) is 14.7 Å². The van der Waals surface area contributed by atoms with Gasteiger partial charge in [0.05, 0.1) is 24.3 Å². The van der Waals surface area contributed by atoms with Crippen molar-refractivity contribution in [3.63, 3.8) is 0 Å². The molecule has 1 aromatic carbocycles. The number of hydrogen-bond acceptors (Lipinski definition) is 4. The summed E-state index contributed by atoms with van der Waals surface area (Å²) in [7, 11) is 0. The van der Waals surface area contributed by atoms with E-state index in [1.54, 1.807) is 6.07 Å². The van der Waals surface area contributed by atoms with Crippen LogP contribution in [0.15, 0.2) is 24.3 Å². The molecule has 2 aliphatic rings. The molecule has 1 aromatic rings. The number of benzene rings is 1. The zero-order chi connectivity index (χ0) is 17.2. The van der Waals surface area contributed by atoms with Gasteiger partial charge in [-0.15, -0.1) is 0 Å². The van der Waals surface area contributed by atoms with E-state index in [-0.39, 0.29) is 18.4 Å². The molecule has 2 N–H and O–H groups in total. The average Bonchev–Trinajstić information content (AvgIpc) is 3.07. The van der Waals surface area contributed by atoms with E-state index in [0.717, 1.165) is 19.3 Å². The van der Waals surface area contributed by atoms with Crippen LogP contribution in [0.25, 0.3) is 0 Å². The molecule has 2 fully saturated rings. The molecular formula is C18H24N2O4. The number of aliphatic carboxylic acids is 1. The first-order valence-corrected chi connectivity index (χ1v) is 8.52. The van der Waals surface area contributed by atoms with Gasteiger partial charge in [0.15, 0.2) is 0 Å². The molecule has 1 saturated heterocycles. The van der Waals surface area contributed by atoms with Crippen LogP contribution in [0, 0.1) is 11.3 Å². The Hall–Kier alpha value is -2.08. The molecule has 1 amide bonds. The summed E-state index contributed by atoms with van der Waals surface area (Å²) in [6, 6.07) is 7.33. The maximum Gasteiger partial charge on any atom is 0.311 e. The summed E-state index contributed by atoms with van der Waals surface area (Å²) in [5.41, 5.74) is 0.000415. The van der Waals surface area contributed by atoms with Gasteiger partial charge in [-0.25, -0.2) is 0 Å². The highest BCUT2D eigenvalue weighted by Gasteiger charge is 2.54. The summed E-state index contributed by atoms with van der Waals surface area (Å²) in [5, 5.41) is 12.5. The number of nitrogens with zero attached hydrogens (tertiary/aromatic N) is 1. The van der Waals surface area contributed by atoms with Crippen LogP contribution >= 0.6 is 0 Å². The first kappa shape index (κ1) is 16.8. The molecule has 0 spiro atoms. The number of carboxylic acids is 1. The Morgan fingerprint density at radius 3 is 2.92 bits per heavy atom. The summed E-state index contributed by atoms with van der Waals surface area (Å²) in [5.74, 6) is -0.0376. The van der Waals surface area contributed by atoms with Crippen molar-refractivity contribution in [3.8, 4) is 5.75 Å². The van der Waals surface area contributed by atoms with Gasteiger partial charge in [-0.3, -0.25) is 14.5 Å². The predicted octanol–water partition coefficient (Wildman–Crippen LogP) is 2.21. The number of carbonyl (C=O) groups excluding carboxylic acids is 1. The SMILES string of the molecule is CCOc1ccccc1NC(=O)CN1C[C@@H]2CCC[C@@]2(C(=O)O)C1. The topological polar surface area (TPSA) is 78.9 Å². The van der Waals surface area contributed by atoms with Crippen LogP contribution in [0.4, 0.5) is 5.69 Å². The van der Waals surface area contributed by atoms with Gasteiger partial charge in [0, 0.05) is 13.1 Å². The van der Waals surface area contributed by atoms with Crippen LogP contribution in [-0.4, -0.2) is 48.1 Å². The molecule has 0 bridgehead atoms. The number of likely N-dealkylation sites (tertiary alicyclic amines) is 1. The molecule has 0 aromatic heterocycles. The minimum atomic E-state index is -0.713. The van der Waals surface area contributed by atoms with E-state index in [4.69, 9.17) is 4.74 Å². The Balaban J connectivity index is 1.62. The van der Waals surface area contributed by atoms with Gasteiger partial charge >= 0.3 is 5.97 Å². The largest absolute Gasteiger partial charge is 0.492 e. The Morgan fingerprint density at radius 1 is 1.42 bits per heavy atom. The summed E-state index contributed by atoms with van der Waals surface area (Å²) < 4.78 is 5.51. The fourth-order valence-corrected chi connectivity index (χ4v) is 4.11. The first-order valence-electron chi connectivity index (χ1n) is 8.52. The van der Waals surface area contributed by atoms with E-state index in [1.165, 1.54) is 0 Å². The molecule has 1 heterocycles. The number of fused-ring (bicyclic) bond motifs is 1. The van der Waals surface area contributed by atoms with Gasteiger partial charge in [0.2, 0.25) is 5.91 Å². The van der Waals surface area contributed by atoms with Crippen molar-refractivity contribution in [2.45, 2.75) is 26.2 Å². The van der Waals surface area contributed by atoms with E-state index in [1.807, 2.05) is 30.0 Å². The minimum absolute atomic E-state index is 0.136. The third-order valence-corrected chi connectivity index (χ3v) is 5.20. The second-order valence-corrected chi connectivity index (χ2v) is 6.70. The van der Waals surface area contributed by atoms with Crippen molar-refractivity contribution in [3.05, 3.63) is 24.3 Å². The molecule has 6 nitrogen and oxygen atoms in total. The lowest BCUT2D eigenvalue weighted by atomic mass is 9.81. The Bertz CT molecular complexity index is 633. The number of hydrogen-bond donors (Lipinski definition) is 2. The fraction of sp³-hybridized carbons (Fsp3) is 0.556. The number of anilines is 1. The zero-order valence-corrected chi connectivity index (χ0v) is 14.0. The van der Waals surface area contributed by atoms with Crippen molar-refractivity contribution in [1.82, 2.24) is 4.90 Å². The molecule has 1 aliphatic carbocycles. The molecule has 6 heteroatoms. The number of amides is 1. The standard InChI is InChI=1S/C18H24N2O4/c1-2-24-15-8-4-3-7-14(15)19-16(21)11-20-10-13-6-5-9-18(13,12-20)17(22)23/h3-4,7-8,13H,2,5-6,9-12H2,1H3,(H,19,21)(H,22,23)/t13-,18+/m0/s1. The van der Waals surface area contributed by atoms with E-state index in [2.05, 4.69) is 5.32 Å². The highest BCUT2D eigenvalue weighted by atomic mass is 16.5. The fourth-order valence-electron chi connectivity index (χ4n) is 4.11. The van der Waals surface area contributed by atoms with Gasteiger partial charge < -0.3 is 15.2 Å². The monoisotopic (exact) mass is 332 g/mol.